The summed E-state index contributed by atoms with van der Waals surface area (Å²) in [6.45, 7) is 8.54. The molecule has 0 bridgehead atoms. The van der Waals surface area contributed by atoms with Gasteiger partial charge in [-0.25, -0.2) is 0 Å². The van der Waals surface area contributed by atoms with Crippen LogP contribution in [-0.4, -0.2) is 5.11 Å². The number of hydrogen-bond acceptors (Lipinski definition) is 1. The first-order valence-electron chi connectivity index (χ1n) is 7.73. The molecule has 2 aromatic rings. The molecule has 0 aromatic heterocycles. The van der Waals surface area contributed by atoms with Gasteiger partial charge in [-0.3, -0.25) is 0 Å². The molecule has 0 saturated carbocycles. The van der Waals surface area contributed by atoms with Crippen LogP contribution >= 0.6 is 12.2 Å². The number of rotatable bonds is 4. The van der Waals surface area contributed by atoms with E-state index in [-0.39, 0.29) is 6.04 Å². The van der Waals surface area contributed by atoms with Crippen molar-refractivity contribution in [2.75, 3.05) is 5.32 Å². The molecule has 22 heavy (non-hydrogen) atoms. The van der Waals surface area contributed by atoms with Crippen molar-refractivity contribution in [3.8, 4) is 0 Å². The average molecular weight is 312 g/mol. The Kier molecular flexibility index (Phi) is 5.56. The number of hydrogen-bond donors (Lipinski definition) is 2. The van der Waals surface area contributed by atoms with Crippen molar-refractivity contribution in [1.82, 2.24) is 5.32 Å². The van der Waals surface area contributed by atoms with Crippen LogP contribution < -0.4 is 10.6 Å². The largest absolute Gasteiger partial charge is 0.356 e. The zero-order valence-corrected chi connectivity index (χ0v) is 14.6. The van der Waals surface area contributed by atoms with E-state index in [4.69, 9.17) is 12.2 Å². The summed E-state index contributed by atoms with van der Waals surface area (Å²) >= 11 is 5.47. The van der Waals surface area contributed by atoms with Crippen LogP contribution in [0.2, 0.25) is 0 Å². The second kappa shape index (κ2) is 7.41. The summed E-state index contributed by atoms with van der Waals surface area (Å²) in [5, 5.41) is 7.36. The van der Waals surface area contributed by atoms with Crippen molar-refractivity contribution in [3.63, 3.8) is 0 Å². The summed E-state index contributed by atoms with van der Waals surface area (Å²) in [4.78, 5) is 0. The van der Waals surface area contributed by atoms with Gasteiger partial charge in [0.05, 0.1) is 6.04 Å². The Morgan fingerprint density at radius 3 is 2.59 bits per heavy atom. The van der Waals surface area contributed by atoms with E-state index in [0.29, 0.717) is 5.11 Å². The molecule has 0 unspecified atom stereocenters. The summed E-state index contributed by atoms with van der Waals surface area (Å²) in [5.74, 6) is 0. The van der Waals surface area contributed by atoms with Crippen LogP contribution in [0.5, 0.6) is 0 Å². The quantitative estimate of drug-likeness (QED) is 0.784. The lowest BCUT2D eigenvalue weighted by Gasteiger charge is -2.20. The van der Waals surface area contributed by atoms with E-state index in [9.17, 15) is 0 Å². The van der Waals surface area contributed by atoms with Gasteiger partial charge in [0, 0.05) is 5.69 Å². The standard InChI is InChI=1S/C19H24N2S/c1-5-16-8-6-7-9-18(16)21-19(22)20-15(4)17-12-13(2)10-11-14(17)3/h6-12,15H,5H2,1-4H3,(H2,20,21,22)/t15-/m0/s1. The van der Waals surface area contributed by atoms with Gasteiger partial charge >= 0.3 is 0 Å². The first-order valence-corrected chi connectivity index (χ1v) is 8.14. The van der Waals surface area contributed by atoms with E-state index in [1.807, 2.05) is 6.07 Å². The summed E-state index contributed by atoms with van der Waals surface area (Å²) in [5.41, 5.74) is 6.18. The van der Waals surface area contributed by atoms with E-state index in [1.165, 1.54) is 22.3 Å². The van der Waals surface area contributed by atoms with Crippen LogP contribution in [0.3, 0.4) is 0 Å². The lowest BCUT2D eigenvalue weighted by atomic mass is 10.0. The number of nitrogens with one attached hydrogen (secondary N) is 2. The fourth-order valence-corrected chi connectivity index (χ4v) is 2.90. The Bertz CT molecular complexity index is 664. The van der Waals surface area contributed by atoms with E-state index in [2.05, 4.69) is 74.7 Å². The number of aryl methyl sites for hydroxylation is 3. The van der Waals surface area contributed by atoms with Crippen LogP contribution in [0.4, 0.5) is 5.69 Å². The highest BCUT2D eigenvalue weighted by atomic mass is 32.1. The first-order chi connectivity index (χ1) is 10.5. The van der Waals surface area contributed by atoms with Gasteiger partial charge in [-0.15, -0.1) is 0 Å². The first kappa shape index (κ1) is 16.5. The van der Waals surface area contributed by atoms with Crippen LogP contribution in [0.25, 0.3) is 0 Å². The van der Waals surface area contributed by atoms with Crippen LogP contribution in [0.15, 0.2) is 42.5 Å². The van der Waals surface area contributed by atoms with Gasteiger partial charge < -0.3 is 10.6 Å². The Hall–Kier alpha value is -1.87. The molecule has 2 nitrogen and oxygen atoms in total. The highest BCUT2D eigenvalue weighted by Gasteiger charge is 2.10. The minimum atomic E-state index is 0.175. The predicted molar refractivity (Wildman–Crippen MR) is 99.5 cm³/mol. The number of benzene rings is 2. The second-order valence-corrected chi connectivity index (χ2v) is 6.10. The molecule has 0 aliphatic heterocycles. The highest BCUT2D eigenvalue weighted by Crippen LogP contribution is 2.20. The topological polar surface area (TPSA) is 24.1 Å². The summed E-state index contributed by atoms with van der Waals surface area (Å²) in [6, 6.07) is 15.0. The minimum Gasteiger partial charge on any atom is -0.356 e. The molecule has 0 fully saturated rings. The van der Waals surface area contributed by atoms with Gasteiger partial charge in [-0.05, 0) is 62.2 Å². The number of thiocarbonyl (C=S) groups is 1. The van der Waals surface area contributed by atoms with Crippen LogP contribution in [0.1, 0.15) is 42.1 Å². The Morgan fingerprint density at radius 2 is 1.86 bits per heavy atom. The lowest BCUT2D eigenvalue weighted by Crippen LogP contribution is -2.31. The molecule has 0 aliphatic rings. The third-order valence-electron chi connectivity index (χ3n) is 3.90. The molecule has 0 amide bonds. The van der Waals surface area contributed by atoms with Crippen LogP contribution in [0, 0.1) is 13.8 Å². The molecule has 3 heteroatoms. The van der Waals surface area contributed by atoms with E-state index < -0.39 is 0 Å². The molecule has 2 rings (SSSR count). The van der Waals surface area contributed by atoms with Gasteiger partial charge in [0.15, 0.2) is 5.11 Å². The van der Waals surface area contributed by atoms with Gasteiger partial charge in [0.1, 0.15) is 0 Å². The van der Waals surface area contributed by atoms with Gasteiger partial charge in [0.25, 0.3) is 0 Å². The van der Waals surface area contributed by atoms with E-state index in [1.54, 1.807) is 0 Å². The minimum absolute atomic E-state index is 0.175. The predicted octanol–water partition coefficient (Wildman–Crippen LogP) is 4.91. The smallest absolute Gasteiger partial charge is 0.171 e. The van der Waals surface area contributed by atoms with Crippen molar-refractivity contribution in [2.45, 2.75) is 40.2 Å². The molecule has 116 valence electrons. The molecule has 2 aromatic carbocycles. The summed E-state index contributed by atoms with van der Waals surface area (Å²) < 4.78 is 0. The Morgan fingerprint density at radius 1 is 1.14 bits per heavy atom. The Balaban J connectivity index is 2.07. The third-order valence-corrected chi connectivity index (χ3v) is 4.12. The molecule has 0 saturated heterocycles. The van der Waals surface area contributed by atoms with Crippen molar-refractivity contribution in [3.05, 3.63) is 64.7 Å². The van der Waals surface area contributed by atoms with Crippen molar-refractivity contribution in [1.29, 1.82) is 0 Å². The van der Waals surface area contributed by atoms with Crippen molar-refractivity contribution >= 4 is 23.0 Å². The lowest BCUT2D eigenvalue weighted by molar-refractivity contribution is 0.716. The molecule has 0 spiro atoms. The maximum Gasteiger partial charge on any atom is 0.171 e. The molecule has 1 atom stereocenters. The summed E-state index contributed by atoms with van der Waals surface area (Å²) in [7, 11) is 0. The molecular weight excluding hydrogens is 288 g/mol. The number of para-hydroxylation sites is 1. The van der Waals surface area contributed by atoms with E-state index in [0.717, 1.165) is 12.1 Å². The average Bonchev–Trinajstić information content (AvgIpc) is 2.50. The number of anilines is 1. The normalized spacial score (nSPS) is 11.8. The van der Waals surface area contributed by atoms with Gasteiger partial charge in [-0.2, -0.15) is 0 Å². The molecule has 0 aliphatic carbocycles. The van der Waals surface area contributed by atoms with Gasteiger partial charge in [0.2, 0.25) is 0 Å². The molecule has 2 N–H and O–H groups in total. The van der Waals surface area contributed by atoms with Gasteiger partial charge in [-0.1, -0.05) is 48.9 Å². The maximum atomic E-state index is 5.47. The van der Waals surface area contributed by atoms with Crippen LogP contribution in [-0.2, 0) is 6.42 Å². The third kappa shape index (κ3) is 4.08. The highest BCUT2D eigenvalue weighted by molar-refractivity contribution is 7.80. The zero-order valence-electron chi connectivity index (χ0n) is 13.7. The molecular formula is C19H24N2S. The fourth-order valence-electron chi connectivity index (χ4n) is 2.61. The van der Waals surface area contributed by atoms with Crippen molar-refractivity contribution in [2.24, 2.45) is 0 Å². The fraction of sp³-hybridized carbons (Fsp3) is 0.316. The monoisotopic (exact) mass is 312 g/mol. The maximum absolute atomic E-state index is 5.47. The SMILES string of the molecule is CCc1ccccc1NC(=S)N[C@@H](C)c1cc(C)ccc1C. The molecule has 0 heterocycles. The second-order valence-electron chi connectivity index (χ2n) is 5.69. The summed E-state index contributed by atoms with van der Waals surface area (Å²) in [6.07, 6.45) is 0.984. The van der Waals surface area contributed by atoms with E-state index >= 15 is 0 Å². The Labute approximate surface area is 139 Å². The zero-order chi connectivity index (χ0) is 16.1. The van der Waals surface area contributed by atoms with Crippen molar-refractivity contribution < 1.29 is 0 Å². The molecule has 0 radical (unpaired) electrons.